The molecule has 1 fully saturated rings. The third-order valence-electron chi connectivity index (χ3n) is 4.87. The SMILES string of the molecule is COc1cc(S(=O)(=O)N2CCN(c3cc(C)cc(C)c3)CC2)c(OC)cc1Br. The van der Waals surface area contributed by atoms with Crippen LogP contribution in [0.25, 0.3) is 0 Å². The van der Waals surface area contributed by atoms with E-state index in [1.807, 2.05) is 0 Å². The van der Waals surface area contributed by atoms with Gasteiger partial charge in [-0.1, -0.05) is 6.07 Å². The molecule has 6 nitrogen and oxygen atoms in total. The van der Waals surface area contributed by atoms with Gasteiger partial charge in [0.1, 0.15) is 16.4 Å². The van der Waals surface area contributed by atoms with Gasteiger partial charge in [0.05, 0.1) is 18.7 Å². The summed E-state index contributed by atoms with van der Waals surface area (Å²) in [5.74, 6) is 0.748. The number of rotatable bonds is 5. The van der Waals surface area contributed by atoms with Gasteiger partial charge in [0.25, 0.3) is 0 Å². The first-order chi connectivity index (χ1) is 13.3. The summed E-state index contributed by atoms with van der Waals surface area (Å²) >= 11 is 3.37. The number of anilines is 1. The topological polar surface area (TPSA) is 59.1 Å². The molecule has 0 radical (unpaired) electrons. The molecule has 0 spiro atoms. The second-order valence-electron chi connectivity index (χ2n) is 6.87. The maximum absolute atomic E-state index is 13.3. The number of nitrogens with zero attached hydrogens (tertiary/aromatic N) is 2. The van der Waals surface area contributed by atoms with Crippen molar-refractivity contribution in [1.82, 2.24) is 4.31 Å². The Kier molecular flexibility index (Phi) is 6.21. The number of ether oxygens (including phenoxy) is 2. The first-order valence-corrected chi connectivity index (χ1v) is 11.2. The van der Waals surface area contributed by atoms with Gasteiger partial charge in [-0.05, 0) is 59.1 Å². The zero-order chi connectivity index (χ0) is 20.5. The van der Waals surface area contributed by atoms with Crippen molar-refractivity contribution in [1.29, 1.82) is 0 Å². The maximum Gasteiger partial charge on any atom is 0.247 e. The molecule has 0 N–H and O–H groups in total. The molecular formula is C20H25BrN2O4S. The lowest BCUT2D eigenvalue weighted by atomic mass is 10.1. The van der Waals surface area contributed by atoms with Gasteiger partial charge in [0.2, 0.25) is 10.0 Å². The van der Waals surface area contributed by atoms with E-state index in [2.05, 4.69) is 52.9 Å². The lowest BCUT2D eigenvalue weighted by Gasteiger charge is -2.36. The highest BCUT2D eigenvalue weighted by molar-refractivity contribution is 9.10. The molecule has 152 valence electrons. The molecule has 0 unspecified atom stereocenters. The van der Waals surface area contributed by atoms with Crippen LogP contribution in [0.1, 0.15) is 11.1 Å². The Morgan fingerprint density at radius 3 is 1.96 bits per heavy atom. The molecule has 1 aliphatic heterocycles. The van der Waals surface area contributed by atoms with Crippen molar-refractivity contribution in [3.63, 3.8) is 0 Å². The van der Waals surface area contributed by atoms with Gasteiger partial charge in [-0.25, -0.2) is 8.42 Å². The molecule has 0 aliphatic carbocycles. The highest BCUT2D eigenvalue weighted by atomic mass is 79.9. The van der Waals surface area contributed by atoms with Crippen LogP contribution in [0.3, 0.4) is 0 Å². The fourth-order valence-corrected chi connectivity index (χ4v) is 5.55. The Labute approximate surface area is 175 Å². The lowest BCUT2D eigenvalue weighted by molar-refractivity contribution is 0.370. The fourth-order valence-electron chi connectivity index (χ4n) is 3.49. The standard InChI is InChI=1S/C20H25BrN2O4S/c1-14-9-15(2)11-16(10-14)22-5-7-23(8-6-22)28(24,25)20-13-18(26-3)17(21)12-19(20)27-4/h9-13H,5-8H2,1-4H3. The van der Waals surface area contributed by atoms with Crippen molar-refractivity contribution in [3.05, 3.63) is 45.9 Å². The Morgan fingerprint density at radius 1 is 0.857 bits per heavy atom. The molecule has 2 aromatic rings. The second-order valence-corrected chi connectivity index (χ2v) is 9.64. The molecule has 1 heterocycles. The minimum atomic E-state index is -3.70. The molecule has 0 amide bonds. The Balaban J connectivity index is 1.83. The number of benzene rings is 2. The van der Waals surface area contributed by atoms with Crippen LogP contribution in [0.2, 0.25) is 0 Å². The molecule has 1 aliphatic rings. The van der Waals surface area contributed by atoms with E-state index in [9.17, 15) is 8.42 Å². The Hall–Kier alpha value is -1.77. The molecule has 0 saturated carbocycles. The zero-order valence-corrected chi connectivity index (χ0v) is 18.9. The van der Waals surface area contributed by atoms with Gasteiger partial charge in [0, 0.05) is 37.9 Å². The molecule has 8 heteroatoms. The number of aryl methyl sites for hydroxylation is 2. The molecular weight excluding hydrogens is 444 g/mol. The summed E-state index contributed by atoms with van der Waals surface area (Å²) in [4.78, 5) is 2.35. The number of hydrogen-bond donors (Lipinski definition) is 0. The average Bonchev–Trinajstić information content (AvgIpc) is 2.66. The van der Waals surface area contributed by atoms with E-state index < -0.39 is 10.0 Å². The van der Waals surface area contributed by atoms with E-state index in [0.717, 1.165) is 5.69 Å². The first-order valence-electron chi connectivity index (χ1n) is 9.01. The second kappa shape index (κ2) is 8.31. The van der Waals surface area contributed by atoms with Crippen molar-refractivity contribution in [2.75, 3.05) is 45.3 Å². The normalized spacial score (nSPS) is 15.5. The minimum absolute atomic E-state index is 0.120. The number of halogens is 1. The van der Waals surface area contributed by atoms with Gasteiger partial charge in [-0.15, -0.1) is 0 Å². The summed E-state index contributed by atoms with van der Waals surface area (Å²) in [6, 6.07) is 9.54. The number of methoxy groups -OCH3 is 2. The number of piperazine rings is 1. The van der Waals surface area contributed by atoms with E-state index in [1.54, 1.807) is 6.07 Å². The number of hydrogen-bond acceptors (Lipinski definition) is 5. The zero-order valence-electron chi connectivity index (χ0n) is 16.5. The van der Waals surface area contributed by atoms with Crippen LogP contribution in [0.5, 0.6) is 11.5 Å². The van der Waals surface area contributed by atoms with Gasteiger partial charge in [-0.3, -0.25) is 0 Å². The van der Waals surface area contributed by atoms with Gasteiger partial charge in [-0.2, -0.15) is 4.31 Å². The molecule has 3 rings (SSSR count). The Bertz CT molecular complexity index is 950. The van der Waals surface area contributed by atoms with Crippen LogP contribution in [0.15, 0.2) is 39.7 Å². The first kappa shape index (κ1) is 21.0. The van der Waals surface area contributed by atoms with Crippen molar-refractivity contribution in [2.24, 2.45) is 0 Å². The van der Waals surface area contributed by atoms with E-state index >= 15 is 0 Å². The molecule has 0 aromatic heterocycles. The molecule has 28 heavy (non-hydrogen) atoms. The van der Waals surface area contributed by atoms with Crippen LogP contribution < -0.4 is 14.4 Å². The summed E-state index contributed by atoms with van der Waals surface area (Å²) < 4.78 is 39.3. The van der Waals surface area contributed by atoms with E-state index in [1.165, 1.54) is 35.7 Å². The van der Waals surface area contributed by atoms with Crippen LogP contribution in [-0.2, 0) is 10.0 Å². The van der Waals surface area contributed by atoms with Crippen LogP contribution in [0, 0.1) is 13.8 Å². The fraction of sp³-hybridized carbons (Fsp3) is 0.400. The lowest BCUT2D eigenvalue weighted by Crippen LogP contribution is -2.48. The number of sulfonamides is 1. The third kappa shape index (κ3) is 4.14. The predicted octanol–water partition coefficient (Wildman–Crippen LogP) is 3.59. The van der Waals surface area contributed by atoms with Crippen LogP contribution in [0.4, 0.5) is 5.69 Å². The maximum atomic E-state index is 13.3. The smallest absolute Gasteiger partial charge is 0.247 e. The average molecular weight is 469 g/mol. The van der Waals surface area contributed by atoms with Crippen molar-refractivity contribution in [2.45, 2.75) is 18.7 Å². The van der Waals surface area contributed by atoms with Gasteiger partial charge in [0.15, 0.2) is 0 Å². The van der Waals surface area contributed by atoms with Crippen molar-refractivity contribution < 1.29 is 17.9 Å². The minimum Gasteiger partial charge on any atom is -0.496 e. The van der Waals surface area contributed by atoms with Crippen molar-refractivity contribution in [3.8, 4) is 11.5 Å². The summed E-state index contributed by atoms with van der Waals surface area (Å²) in [6.45, 7) is 6.25. The largest absolute Gasteiger partial charge is 0.496 e. The van der Waals surface area contributed by atoms with Gasteiger partial charge < -0.3 is 14.4 Å². The van der Waals surface area contributed by atoms with Crippen LogP contribution in [-0.4, -0.2) is 53.1 Å². The van der Waals surface area contributed by atoms with E-state index in [4.69, 9.17) is 9.47 Å². The summed E-state index contributed by atoms with van der Waals surface area (Å²) in [7, 11) is -0.726. The quantitative estimate of drug-likeness (QED) is 0.670. The van der Waals surface area contributed by atoms with Gasteiger partial charge >= 0.3 is 0 Å². The summed E-state index contributed by atoms with van der Waals surface area (Å²) in [5.41, 5.74) is 3.55. The highest BCUT2D eigenvalue weighted by Crippen LogP contribution is 2.37. The molecule has 0 bridgehead atoms. The monoisotopic (exact) mass is 468 g/mol. The third-order valence-corrected chi connectivity index (χ3v) is 7.41. The highest BCUT2D eigenvalue weighted by Gasteiger charge is 2.32. The molecule has 2 aromatic carbocycles. The van der Waals surface area contributed by atoms with Crippen LogP contribution >= 0.6 is 15.9 Å². The molecule has 0 atom stereocenters. The molecule has 1 saturated heterocycles. The Morgan fingerprint density at radius 2 is 1.43 bits per heavy atom. The summed E-state index contributed by atoms with van der Waals surface area (Å²) in [6.07, 6.45) is 0. The summed E-state index contributed by atoms with van der Waals surface area (Å²) in [5, 5.41) is 0. The van der Waals surface area contributed by atoms with E-state index in [0.29, 0.717) is 42.2 Å². The van der Waals surface area contributed by atoms with E-state index in [-0.39, 0.29) is 4.90 Å². The van der Waals surface area contributed by atoms with Crippen molar-refractivity contribution >= 4 is 31.6 Å². The predicted molar refractivity (Wildman–Crippen MR) is 114 cm³/mol.